The van der Waals surface area contributed by atoms with Crippen LogP contribution in [0.3, 0.4) is 0 Å². The highest BCUT2D eigenvalue weighted by atomic mass is 16.4. The van der Waals surface area contributed by atoms with Crippen LogP contribution in [0.4, 0.5) is 0 Å². The average Bonchev–Trinajstić information content (AvgIpc) is 2.15. The van der Waals surface area contributed by atoms with Crippen LogP contribution in [0.1, 0.15) is 18.9 Å². The number of rotatable bonds is 4. The summed E-state index contributed by atoms with van der Waals surface area (Å²) in [6.45, 7) is 2.29. The third-order valence-electron chi connectivity index (χ3n) is 1.78. The van der Waals surface area contributed by atoms with E-state index >= 15 is 0 Å². The number of benzene rings is 1. The van der Waals surface area contributed by atoms with Gasteiger partial charge in [0, 0.05) is 5.71 Å². The zero-order valence-electron chi connectivity index (χ0n) is 8.10. The summed E-state index contributed by atoms with van der Waals surface area (Å²) in [4.78, 5) is 14.5. The second kappa shape index (κ2) is 5.17. The minimum atomic E-state index is -0.834. The molecule has 14 heavy (non-hydrogen) atoms. The van der Waals surface area contributed by atoms with Gasteiger partial charge in [-0.1, -0.05) is 30.3 Å². The van der Waals surface area contributed by atoms with Crippen molar-refractivity contribution in [3.8, 4) is 0 Å². The normalized spacial score (nSPS) is 11.4. The van der Waals surface area contributed by atoms with Gasteiger partial charge in [0.15, 0.2) is 0 Å². The van der Waals surface area contributed by atoms with Crippen molar-refractivity contribution in [3.05, 3.63) is 35.9 Å². The summed E-state index contributed by atoms with van der Waals surface area (Å²) in [6.07, 6.45) is 0.0207. The van der Waals surface area contributed by atoms with Gasteiger partial charge in [-0.2, -0.15) is 0 Å². The molecular formula is C11H13NO2. The number of hydrogen-bond acceptors (Lipinski definition) is 2. The van der Waals surface area contributed by atoms with Crippen LogP contribution in [-0.4, -0.2) is 16.8 Å². The molecule has 0 radical (unpaired) electrons. The molecule has 0 aliphatic heterocycles. The van der Waals surface area contributed by atoms with Crippen molar-refractivity contribution in [3.63, 3.8) is 0 Å². The molecule has 1 N–H and O–H groups in total. The summed E-state index contributed by atoms with van der Waals surface area (Å²) >= 11 is 0. The first-order valence-corrected chi connectivity index (χ1v) is 4.44. The Morgan fingerprint density at radius 1 is 1.36 bits per heavy atom. The predicted molar refractivity (Wildman–Crippen MR) is 55.5 cm³/mol. The second-order valence-electron chi connectivity index (χ2n) is 3.11. The van der Waals surface area contributed by atoms with E-state index < -0.39 is 5.97 Å². The van der Waals surface area contributed by atoms with Crippen LogP contribution in [0.2, 0.25) is 0 Å². The molecular weight excluding hydrogens is 178 g/mol. The Bertz CT molecular complexity index is 330. The third-order valence-corrected chi connectivity index (χ3v) is 1.78. The summed E-state index contributed by atoms with van der Waals surface area (Å²) in [5, 5.41) is 8.50. The number of aliphatic carboxylic acids is 1. The SMILES string of the molecule is C/C(CC(=O)O)=N\Cc1ccccc1. The zero-order chi connectivity index (χ0) is 10.4. The van der Waals surface area contributed by atoms with E-state index in [0.29, 0.717) is 12.3 Å². The Balaban J connectivity index is 2.51. The highest BCUT2D eigenvalue weighted by Crippen LogP contribution is 2.01. The molecule has 74 valence electrons. The van der Waals surface area contributed by atoms with E-state index in [-0.39, 0.29) is 6.42 Å². The largest absolute Gasteiger partial charge is 0.481 e. The number of carboxylic acids is 1. The lowest BCUT2D eigenvalue weighted by Crippen LogP contribution is -2.03. The Kier molecular flexibility index (Phi) is 3.85. The first kappa shape index (κ1) is 10.4. The molecule has 0 amide bonds. The van der Waals surface area contributed by atoms with E-state index in [4.69, 9.17) is 5.11 Å². The van der Waals surface area contributed by atoms with Crippen molar-refractivity contribution in [2.75, 3.05) is 0 Å². The van der Waals surface area contributed by atoms with Gasteiger partial charge in [-0.05, 0) is 12.5 Å². The molecule has 0 aromatic heterocycles. The molecule has 0 aliphatic rings. The van der Waals surface area contributed by atoms with Crippen LogP contribution in [0, 0.1) is 0 Å². The number of aliphatic imine (C=N–C) groups is 1. The van der Waals surface area contributed by atoms with E-state index in [0.717, 1.165) is 5.56 Å². The van der Waals surface area contributed by atoms with Crippen LogP contribution >= 0.6 is 0 Å². The smallest absolute Gasteiger partial charge is 0.309 e. The first-order valence-electron chi connectivity index (χ1n) is 4.44. The van der Waals surface area contributed by atoms with Crippen LogP contribution in [0.15, 0.2) is 35.3 Å². The van der Waals surface area contributed by atoms with Gasteiger partial charge in [-0.15, -0.1) is 0 Å². The van der Waals surface area contributed by atoms with Gasteiger partial charge in [0.05, 0.1) is 13.0 Å². The lowest BCUT2D eigenvalue weighted by Gasteiger charge is -1.97. The minimum absolute atomic E-state index is 0.0207. The molecule has 0 aliphatic carbocycles. The zero-order valence-corrected chi connectivity index (χ0v) is 8.10. The maximum Gasteiger partial charge on any atom is 0.309 e. The molecule has 0 saturated heterocycles. The Morgan fingerprint density at radius 3 is 2.57 bits per heavy atom. The molecule has 3 heteroatoms. The molecule has 0 spiro atoms. The molecule has 0 fully saturated rings. The quantitative estimate of drug-likeness (QED) is 0.741. The van der Waals surface area contributed by atoms with Gasteiger partial charge in [0.1, 0.15) is 0 Å². The average molecular weight is 191 g/mol. The van der Waals surface area contributed by atoms with E-state index in [9.17, 15) is 4.79 Å². The van der Waals surface area contributed by atoms with Crippen LogP contribution in [0.25, 0.3) is 0 Å². The molecule has 0 bridgehead atoms. The van der Waals surface area contributed by atoms with Crippen molar-refractivity contribution >= 4 is 11.7 Å². The summed E-state index contributed by atoms with van der Waals surface area (Å²) in [5.74, 6) is -0.834. The van der Waals surface area contributed by atoms with Gasteiger partial charge in [-0.25, -0.2) is 0 Å². The van der Waals surface area contributed by atoms with Crippen molar-refractivity contribution in [1.29, 1.82) is 0 Å². The Labute approximate surface area is 83.1 Å². The summed E-state index contributed by atoms with van der Waals surface area (Å²) in [7, 11) is 0. The predicted octanol–water partition coefficient (Wildman–Crippen LogP) is 2.12. The maximum atomic E-state index is 10.3. The standard InChI is InChI=1S/C11H13NO2/c1-9(7-11(13)14)12-8-10-5-3-2-4-6-10/h2-6H,7-8H2,1H3,(H,13,14)/b12-9+. The van der Waals surface area contributed by atoms with Crippen molar-refractivity contribution in [2.45, 2.75) is 19.9 Å². The first-order chi connectivity index (χ1) is 6.68. The van der Waals surface area contributed by atoms with Gasteiger partial charge in [0.25, 0.3) is 0 Å². The molecule has 0 unspecified atom stereocenters. The fourth-order valence-corrected chi connectivity index (χ4v) is 1.08. The molecule has 3 nitrogen and oxygen atoms in total. The molecule has 1 aromatic carbocycles. The minimum Gasteiger partial charge on any atom is -0.481 e. The highest BCUT2D eigenvalue weighted by Gasteiger charge is 1.98. The summed E-state index contributed by atoms with van der Waals surface area (Å²) < 4.78 is 0. The summed E-state index contributed by atoms with van der Waals surface area (Å²) in [5.41, 5.74) is 1.75. The second-order valence-corrected chi connectivity index (χ2v) is 3.11. The van der Waals surface area contributed by atoms with E-state index in [1.54, 1.807) is 6.92 Å². The number of carbonyl (C=O) groups is 1. The number of hydrogen-bond donors (Lipinski definition) is 1. The van der Waals surface area contributed by atoms with Gasteiger partial charge in [-0.3, -0.25) is 9.79 Å². The molecule has 0 atom stereocenters. The topological polar surface area (TPSA) is 49.7 Å². The van der Waals surface area contributed by atoms with Crippen LogP contribution < -0.4 is 0 Å². The number of nitrogens with zero attached hydrogens (tertiary/aromatic N) is 1. The van der Waals surface area contributed by atoms with E-state index in [2.05, 4.69) is 4.99 Å². The van der Waals surface area contributed by atoms with E-state index in [1.807, 2.05) is 30.3 Å². The van der Waals surface area contributed by atoms with Gasteiger partial charge in [0.2, 0.25) is 0 Å². The highest BCUT2D eigenvalue weighted by molar-refractivity contribution is 5.96. The van der Waals surface area contributed by atoms with Crippen molar-refractivity contribution < 1.29 is 9.90 Å². The van der Waals surface area contributed by atoms with Crippen molar-refractivity contribution in [2.24, 2.45) is 4.99 Å². The van der Waals surface area contributed by atoms with Crippen molar-refractivity contribution in [1.82, 2.24) is 0 Å². The number of carboxylic acid groups (broad SMARTS) is 1. The molecule has 1 aromatic rings. The van der Waals surface area contributed by atoms with E-state index in [1.165, 1.54) is 0 Å². The van der Waals surface area contributed by atoms with Gasteiger partial charge < -0.3 is 5.11 Å². The molecule has 0 heterocycles. The Hall–Kier alpha value is -1.64. The Morgan fingerprint density at radius 2 is 2.00 bits per heavy atom. The lowest BCUT2D eigenvalue weighted by molar-refractivity contribution is -0.135. The lowest BCUT2D eigenvalue weighted by atomic mass is 10.2. The molecule has 1 rings (SSSR count). The fraction of sp³-hybridized carbons (Fsp3) is 0.273. The van der Waals surface area contributed by atoms with Gasteiger partial charge >= 0.3 is 5.97 Å². The monoisotopic (exact) mass is 191 g/mol. The van der Waals surface area contributed by atoms with Crippen LogP contribution in [0.5, 0.6) is 0 Å². The maximum absolute atomic E-state index is 10.3. The molecule has 0 saturated carbocycles. The fourth-order valence-electron chi connectivity index (χ4n) is 1.08. The third kappa shape index (κ3) is 3.85. The van der Waals surface area contributed by atoms with Crippen LogP contribution in [-0.2, 0) is 11.3 Å². The summed E-state index contributed by atoms with van der Waals surface area (Å²) in [6, 6.07) is 9.77.